The number of halogens is 1. The van der Waals surface area contributed by atoms with E-state index in [1.165, 1.54) is 0 Å². The van der Waals surface area contributed by atoms with Crippen molar-refractivity contribution < 1.29 is 9.15 Å². The first-order valence-corrected chi connectivity index (χ1v) is 5.55. The van der Waals surface area contributed by atoms with Gasteiger partial charge in [0, 0.05) is 18.0 Å². The normalized spacial score (nSPS) is 10.5. The third-order valence-electron chi connectivity index (χ3n) is 2.03. The van der Waals surface area contributed by atoms with Crippen molar-refractivity contribution in [1.82, 2.24) is 10.2 Å². The summed E-state index contributed by atoms with van der Waals surface area (Å²) in [6.45, 7) is 0.703. The van der Waals surface area contributed by atoms with E-state index in [1.807, 2.05) is 12.1 Å². The molecule has 0 radical (unpaired) electrons. The van der Waals surface area contributed by atoms with Gasteiger partial charge in [-0.2, -0.15) is 0 Å². The predicted molar refractivity (Wildman–Crippen MR) is 62.8 cm³/mol. The number of rotatable bonds is 5. The maximum atomic E-state index is 5.83. The molecule has 1 heterocycles. The fourth-order valence-electron chi connectivity index (χ4n) is 1.27. The smallest absolute Gasteiger partial charge is 0.253 e. The van der Waals surface area contributed by atoms with Crippen LogP contribution in [0.4, 0.5) is 0 Å². The molecule has 5 nitrogen and oxygen atoms in total. The molecule has 0 saturated heterocycles. The molecule has 0 atom stereocenters. The van der Waals surface area contributed by atoms with Crippen LogP contribution in [-0.2, 0) is 13.0 Å². The summed E-state index contributed by atoms with van der Waals surface area (Å²) >= 11 is 5.83. The monoisotopic (exact) mass is 253 g/mol. The van der Waals surface area contributed by atoms with Crippen LogP contribution in [0.25, 0.3) is 0 Å². The zero-order chi connectivity index (χ0) is 12.1. The lowest BCUT2D eigenvalue weighted by Gasteiger charge is -2.02. The van der Waals surface area contributed by atoms with Crippen molar-refractivity contribution >= 4 is 11.6 Å². The van der Waals surface area contributed by atoms with Gasteiger partial charge in [0.25, 0.3) is 5.89 Å². The van der Waals surface area contributed by atoms with E-state index in [9.17, 15) is 0 Å². The van der Waals surface area contributed by atoms with Gasteiger partial charge in [0.05, 0.1) is 0 Å². The Hall–Kier alpha value is -1.59. The summed E-state index contributed by atoms with van der Waals surface area (Å²) in [6.07, 6.45) is 0.574. The average Bonchev–Trinajstić information content (AvgIpc) is 2.75. The largest absolute Gasteiger partial charge is 0.484 e. The zero-order valence-corrected chi connectivity index (χ0v) is 9.85. The molecular weight excluding hydrogens is 242 g/mol. The molecule has 0 aliphatic carbocycles. The van der Waals surface area contributed by atoms with E-state index in [4.69, 9.17) is 26.5 Å². The summed E-state index contributed by atoms with van der Waals surface area (Å²) in [5.74, 6) is 1.61. The average molecular weight is 254 g/mol. The lowest BCUT2D eigenvalue weighted by molar-refractivity contribution is 0.259. The van der Waals surface area contributed by atoms with Crippen LogP contribution < -0.4 is 10.5 Å². The van der Waals surface area contributed by atoms with Gasteiger partial charge in [-0.05, 0) is 18.2 Å². The summed E-state index contributed by atoms with van der Waals surface area (Å²) in [5, 5.41) is 8.30. The highest BCUT2D eigenvalue weighted by Gasteiger charge is 2.05. The fraction of sp³-hybridized carbons (Fsp3) is 0.273. The third kappa shape index (κ3) is 3.44. The second-order valence-electron chi connectivity index (χ2n) is 3.37. The van der Waals surface area contributed by atoms with Crippen LogP contribution >= 0.6 is 11.6 Å². The molecule has 0 saturated carbocycles. The van der Waals surface area contributed by atoms with Gasteiger partial charge < -0.3 is 14.9 Å². The second kappa shape index (κ2) is 5.65. The number of aromatic nitrogens is 2. The maximum absolute atomic E-state index is 5.83. The third-order valence-corrected chi connectivity index (χ3v) is 2.26. The number of nitrogens with zero attached hydrogens (tertiary/aromatic N) is 2. The molecule has 90 valence electrons. The topological polar surface area (TPSA) is 74.2 Å². The molecule has 17 heavy (non-hydrogen) atoms. The highest BCUT2D eigenvalue weighted by atomic mass is 35.5. The van der Waals surface area contributed by atoms with E-state index in [0.29, 0.717) is 35.5 Å². The van der Waals surface area contributed by atoms with Gasteiger partial charge in [-0.1, -0.05) is 17.7 Å². The summed E-state index contributed by atoms with van der Waals surface area (Å²) in [6, 6.07) is 7.12. The standard InChI is InChI=1S/C11H12ClN3O2/c12-8-2-1-3-9(6-8)16-7-11-15-14-10(17-11)4-5-13/h1-3,6H,4-5,7,13H2. The number of hydrogen-bond acceptors (Lipinski definition) is 5. The van der Waals surface area contributed by atoms with E-state index in [2.05, 4.69) is 10.2 Å². The second-order valence-corrected chi connectivity index (χ2v) is 3.81. The number of benzene rings is 1. The van der Waals surface area contributed by atoms with Gasteiger partial charge in [0.15, 0.2) is 6.61 Å². The van der Waals surface area contributed by atoms with Crippen LogP contribution in [0.2, 0.25) is 5.02 Å². The van der Waals surface area contributed by atoms with Crippen LogP contribution in [0.1, 0.15) is 11.8 Å². The Kier molecular flexibility index (Phi) is 3.95. The lowest BCUT2D eigenvalue weighted by Crippen LogP contribution is -2.02. The minimum atomic E-state index is 0.220. The molecular formula is C11H12ClN3O2. The number of ether oxygens (including phenoxy) is 1. The highest BCUT2D eigenvalue weighted by Crippen LogP contribution is 2.18. The van der Waals surface area contributed by atoms with E-state index in [0.717, 1.165) is 0 Å². The van der Waals surface area contributed by atoms with Gasteiger partial charge in [0.2, 0.25) is 5.89 Å². The Morgan fingerprint density at radius 3 is 2.88 bits per heavy atom. The molecule has 0 aliphatic heterocycles. The van der Waals surface area contributed by atoms with Crippen LogP contribution in [0, 0.1) is 0 Å². The Balaban J connectivity index is 1.93. The minimum absolute atomic E-state index is 0.220. The van der Waals surface area contributed by atoms with E-state index in [1.54, 1.807) is 12.1 Å². The highest BCUT2D eigenvalue weighted by molar-refractivity contribution is 6.30. The number of hydrogen-bond donors (Lipinski definition) is 1. The summed E-state index contributed by atoms with van der Waals surface area (Å²) in [5.41, 5.74) is 5.38. The van der Waals surface area contributed by atoms with Crippen LogP contribution in [-0.4, -0.2) is 16.7 Å². The molecule has 0 amide bonds. The Bertz CT molecular complexity index is 487. The van der Waals surface area contributed by atoms with Crippen molar-refractivity contribution in [2.24, 2.45) is 5.73 Å². The van der Waals surface area contributed by atoms with Gasteiger partial charge >= 0.3 is 0 Å². The van der Waals surface area contributed by atoms with Gasteiger partial charge in [-0.3, -0.25) is 0 Å². The van der Waals surface area contributed by atoms with E-state index in [-0.39, 0.29) is 6.61 Å². The maximum Gasteiger partial charge on any atom is 0.253 e. The Morgan fingerprint density at radius 1 is 1.29 bits per heavy atom. The van der Waals surface area contributed by atoms with Crippen molar-refractivity contribution in [3.8, 4) is 5.75 Å². The van der Waals surface area contributed by atoms with Crippen molar-refractivity contribution in [2.45, 2.75) is 13.0 Å². The molecule has 0 aliphatic rings. The molecule has 1 aromatic carbocycles. The van der Waals surface area contributed by atoms with Crippen LogP contribution in [0.15, 0.2) is 28.7 Å². The van der Waals surface area contributed by atoms with Crippen molar-refractivity contribution in [2.75, 3.05) is 6.54 Å². The molecule has 0 unspecified atom stereocenters. The minimum Gasteiger partial charge on any atom is -0.484 e. The first-order valence-electron chi connectivity index (χ1n) is 5.17. The van der Waals surface area contributed by atoms with Crippen molar-refractivity contribution in [3.05, 3.63) is 41.1 Å². The molecule has 2 N–H and O–H groups in total. The quantitative estimate of drug-likeness (QED) is 0.880. The zero-order valence-electron chi connectivity index (χ0n) is 9.10. The number of nitrogens with two attached hydrogens (primary N) is 1. The molecule has 2 rings (SSSR count). The SMILES string of the molecule is NCCc1nnc(COc2cccc(Cl)c2)o1. The summed E-state index contributed by atoms with van der Waals surface area (Å²) in [7, 11) is 0. The molecule has 0 fully saturated rings. The van der Waals surface area contributed by atoms with Crippen molar-refractivity contribution in [3.63, 3.8) is 0 Å². The van der Waals surface area contributed by atoms with Crippen LogP contribution in [0.5, 0.6) is 5.75 Å². The Morgan fingerprint density at radius 2 is 2.12 bits per heavy atom. The molecule has 6 heteroatoms. The van der Waals surface area contributed by atoms with Gasteiger partial charge in [-0.15, -0.1) is 10.2 Å². The van der Waals surface area contributed by atoms with Gasteiger partial charge in [0.1, 0.15) is 5.75 Å². The lowest BCUT2D eigenvalue weighted by atomic mass is 10.3. The van der Waals surface area contributed by atoms with Crippen molar-refractivity contribution in [1.29, 1.82) is 0 Å². The molecule has 2 aromatic rings. The fourth-order valence-corrected chi connectivity index (χ4v) is 1.45. The summed E-state index contributed by atoms with van der Waals surface area (Å²) < 4.78 is 10.8. The van der Waals surface area contributed by atoms with Crippen LogP contribution in [0.3, 0.4) is 0 Å². The summed E-state index contributed by atoms with van der Waals surface area (Å²) in [4.78, 5) is 0. The van der Waals surface area contributed by atoms with Gasteiger partial charge in [-0.25, -0.2) is 0 Å². The molecule has 0 bridgehead atoms. The predicted octanol–water partition coefficient (Wildman–Crippen LogP) is 1.80. The Labute approximate surface area is 104 Å². The first kappa shape index (κ1) is 11.9. The van der Waals surface area contributed by atoms with E-state index >= 15 is 0 Å². The first-order chi connectivity index (χ1) is 8.28. The van der Waals surface area contributed by atoms with E-state index < -0.39 is 0 Å². The molecule has 1 aromatic heterocycles. The molecule has 0 spiro atoms.